The summed E-state index contributed by atoms with van der Waals surface area (Å²) in [4.78, 5) is 33.7. The minimum absolute atomic E-state index is 0.166. The van der Waals surface area contributed by atoms with E-state index in [1.54, 1.807) is 24.3 Å². The van der Waals surface area contributed by atoms with Gasteiger partial charge >= 0.3 is 0 Å². The third-order valence-corrected chi connectivity index (χ3v) is 6.25. The van der Waals surface area contributed by atoms with Crippen molar-refractivity contribution in [2.75, 3.05) is 5.73 Å². The molecule has 0 atom stereocenters. The van der Waals surface area contributed by atoms with E-state index in [2.05, 4.69) is 25.9 Å². The lowest BCUT2D eigenvalue weighted by Crippen LogP contribution is -2.07. The number of fused-ring (bicyclic) bond motifs is 1. The first-order chi connectivity index (χ1) is 16.0. The van der Waals surface area contributed by atoms with Crippen molar-refractivity contribution >= 4 is 44.2 Å². The zero-order chi connectivity index (χ0) is 23.1. The first-order valence-electron chi connectivity index (χ1n) is 10.4. The third-order valence-electron chi connectivity index (χ3n) is 5.75. The number of H-pyrrole nitrogens is 2. The van der Waals surface area contributed by atoms with Gasteiger partial charge in [0.15, 0.2) is 5.78 Å². The molecule has 162 valence electrons. The van der Waals surface area contributed by atoms with Gasteiger partial charge in [0.25, 0.3) is 0 Å². The second-order valence-electron chi connectivity index (χ2n) is 7.87. The number of hydrogen-bond acceptors (Lipinski definition) is 3. The number of nitrogens with two attached hydrogens (primary N) is 1. The van der Waals surface area contributed by atoms with Gasteiger partial charge in [0.2, 0.25) is 5.78 Å². The fourth-order valence-corrected chi connectivity index (χ4v) is 4.69. The summed E-state index contributed by atoms with van der Waals surface area (Å²) in [5.74, 6) is -0.299. The van der Waals surface area contributed by atoms with Crippen LogP contribution in [0.5, 0.6) is 0 Å². The van der Waals surface area contributed by atoms with Crippen LogP contribution in [0.3, 0.4) is 0 Å². The van der Waals surface area contributed by atoms with Crippen molar-refractivity contribution in [2.45, 2.75) is 6.92 Å². The topological polar surface area (TPSA) is 91.7 Å². The number of aryl methyl sites for hydroxylation is 1. The summed E-state index contributed by atoms with van der Waals surface area (Å²) < 4.78 is 0.833. The Morgan fingerprint density at radius 1 is 0.818 bits per heavy atom. The first kappa shape index (κ1) is 21.0. The average molecular weight is 498 g/mol. The lowest BCUT2D eigenvalue weighted by Gasteiger charge is -2.09. The highest BCUT2D eigenvalue weighted by molar-refractivity contribution is 9.10. The number of hydrogen-bond donors (Lipinski definition) is 3. The Morgan fingerprint density at radius 2 is 1.55 bits per heavy atom. The molecule has 0 bridgehead atoms. The lowest BCUT2D eigenvalue weighted by molar-refractivity contribution is 0.103. The maximum absolute atomic E-state index is 14.0. The highest BCUT2D eigenvalue weighted by Gasteiger charge is 2.30. The Morgan fingerprint density at radius 3 is 2.30 bits per heavy atom. The maximum Gasteiger partial charge on any atom is 0.209 e. The monoisotopic (exact) mass is 497 g/mol. The molecule has 0 unspecified atom stereocenters. The number of anilines is 1. The molecule has 5 aromatic rings. The maximum atomic E-state index is 14.0. The number of para-hydroxylation sites is 1. The number of ketones is 2. The highest BCUT2D eigenvalue weighted by atomic mass is 79.9. The Kier molecular flexibility index (Phi) is 5.23. The van der Waals surface area contributed by atoms with Crippen molar-refractivity contribution in [3.05, 3.63) is 111 Å². The molecule has 0 fully saturated rings. The molecule has 3 aromatic carbocycles. The van der Waals surface area contributed by atoms with Crippen LogP contribution >= 0.6 is 15.9 Å². The van der Waals surface area contributed by atoms with Crippen molar-refractivity contribution in [1.82, 2.24) is 9.97 Å². The predicted molar refractivity (Wildman–Crippen MR) is 135 cm³/mol. The number of carbonyl (C=O) groups is 2. The molecule has 6 heteroatoms. The van der Waals surface area contributed by atoms with Crippen LogP contribution in [0, 0.1) is 6.92 Å². The Hall–Kier alpha value is -3.90. The number of carbonyl (C=O) groups excluding carboxylic acids is 2. The summed E-state index contributed by atoms with van der Waals surface area (Å²) in [6.45, 7) is 1.87. The molecule has 2 aromatic heterocycles. The molecule has 5 rings (SSSR count). The first-order valence-corrected chi connectivity index (χ1v) is 11.2. The Balaban J connectivity index is 1.77. The fourth-order valence-electron chi connectivity index (χ4n) is 4.29. The number of nitrogens with one attached hydrogen (secondary N) is 2. The van der Waals surface area contributed by atoms with E-state index >= 15 is 0 Å². The van der Waals surface area contributed by atoms with E-state index in [4.69, 9.17) is 5.73 Å². The summed E-state index contributed by atoms with van der Waals surface area (Å²) in [7, 11) is 0. The van der Waals surface area contributed by atoms with Crippen molar-refractivity contribution < 1.29 is 9.59 Å². The predicted octanol–water partition coefficient (Wildman–Crippen LogP) is 6.28. The van der Waals surface area contributed by atoms with Gasteiger partial charge in [-0.3, -0.25) is 9.59 Å². The SMILES string of the molecule is Cc1[nH]c2ccccc2c1C(=O)c1c(N)[nH]c(C(=O)c2ccccc2)c1-c1cccc(Br)c1. The van der Waals surface area contributed by atoms with E-state index < -0.39 is 0 Å². The summed E-state index contributed by atoms with van der Waals surface area (Å²) in [5, 5.41) is 0.816. The van der Waals surface area contributed by atoms with E-state index in [0.29, 0.717) is 22.3 Å². The third kappa shape index (κ3) is 3.58. The standard InChI is InChI=1S/C27H20BrN3O2/c1-15-21(19-12-5-6-13-20(19)30-15)26(33)23-22(17-10-7-11-18(28)14-17)24(31-27(23)29)25(32)16-8-3-2-4-9-16/h2-14,30-31H,29H2,1H3. The van der Waals surface area contributed by atoms with Crippen LogP contribution in [0.4, 0.5) is 5.82 Å². The molecule has 4 N–H and O–H groups in total. The van der Waals surface area contributed by atoms with Crippen molar-refractivity contribution in [3.8, 4) is 11.1 Å². The van der Waals surface area contributed by atoms with Gasteiger partial charge in [0.1, 0.15) is 5.82 Å². The zero-order valence-electron chi connectivity index (χ0n) is 17.8. The van der Waals surface area contributed by atoms with E-state index in [1.807, 2.05) is 61.5 Å². The van der Waals surface area contributed by atoms with Crippen LogP contribution in [-0.2, 0) is 0 Å². The minimum atomic E-state index is -0.235. The Labute approximate surface area is 198 Å². The van der Waals surface area contributed by atoms with Crippen LogP contribution in [0.2, 0.25) is 0 Å². The quantitative estimate of drug-likeness (QED) is 0.249. The van der Waals surface area contributed by atoms with Gasteiger partial charge in [0, 0.05) is 32.2 Å². The number of aromatic amines is 2. The van der Waals surface area contributed by atoms with Crippen molar-refractivity contribution in [3.63, 3.8) is 0 Å². The number of halogens is 1. The van der Waals surface area contributed by atoms with Crippen LogP contribution in [0.25, 0.3) is 22.0 Å². The van der Waals surface area contributed by atoms with Crippen LogP contribution < -0.4 is 5.73 Å². The van der Waals surface area contributed by atoms with E-state index in [1.165, 1.54) is 0 Å². The van der Waals surface area contributed by atoms with Gasteiger partial charge < -0.3 is 15.7 Å². The van der Waals surface area contributed by atoms with Gasteiger partial charge in [-0.1, -0.05) is 76.6 Å². The molecule has 0 radical (unpaired) electrons. The number of nitrogen functional groups attached to an aromatic ring is 1. The summed E-state index contributed by atoms with van der Waals surface area (Å²) >= 11 is 3.50. The van der Waals surface area contributed by atoms with Crippen molar-refractivity contribution in [2.24, 2.45) is 0 Å². The molecule has 0 saturated carbocycles. The highest BCUT2D eigenvalue weighted by Crippen LogP contribution is 2.37. The number of benzene rings is 3. The molecule has 0 amide bonds. The van der Waals surface area contributed by atoms with Crippen LogP contribution in [0.1, 0.15) is 37.7 Å². The molecule has 5 nitrogen and oxygen atoms in total. The molecular formula is C27H20BrN3O2. The summed E-state index contributed by atoms with van der Waals surface area (Å²) in [6.07, 6.45) is 0. The molecule has 0 spiro atoms. The van der Waals surface area contributed by atoms with Gasteiger partial charge in [-0.15, -0.1) is 0 Å². The molecule has 33 heavy (non-hydrogen) atoms. The number of aromatic nitrogens is 2. The molecule has 0 saturated heterocycles. The second kappa shape index (κ2) is 8.22. The minimum Gasteiger partial charge on any atom is -0.385 e. The summed E-state index contributed by atoms with van der Waals surface area (Å²) in [5.41, 5.74) is 10.9. The Bertz CT molecular complexity index is 1530. The van der Waals surface area contributed by atoms with E-state index in [9.17, 15) is 9.59 Å². The lowest BCUT2D eigenvalue weighted by atomic mass is 9.92. The number of rotatable bonds is 5. The van der Waals surface area contributed by atoms with E-state index in [-0.39, 0.29) is 23.1 Å². The van der Waals surface area contributed by atoms with E-state index in [0.717, 1.165) is 26.6 Å². The largest absolute Gasteiger partial charge is 0.385 e. The zero-order valence-corrected chi connectivity index (χ0v) is 19.4. The fraction of sp³-hybridized carbons (Fsp3) is 0.0370. The molecule has 0 aliphatic rings. The molecule has 2 heterocycles. The normalized spacial score (nSPS) is 11.1. The van der Waals surface area contributed by atoms with Crippen molar-refractivity contribution in [1.29, 1.82) is 0 Å². The molecule has 0 aliphatic carbocycles. The second-order valence-corrected chi connectivity index (χ2v) is 8.78. The van der Waals surface area contributed by atoms with Gasteiger partial charge in [-0.05, 0) is 30.7 Å². The van der Waals surface area contributed by atoms with Gasteiger partial charge in [-0.2, -0.15) is 0 Å². The smallest absolute Gasteiger partial charge is 0.209 e. The molecular weight excluding hydrogens is 478 g/mol. The summed E-state index contributed by atoms with van der Waals surface area (Å²) in [6, 6.07) is 24.1. The van der Waals surface area contributed by atoms with Gasteiger partial charge in [-0.25, -0.2) is 0 Å². The van der Waals surface area contributed by atoms with Gasteiger partial charge in [0.05, 0.1) is 16.8 Å². The average Bonchev–Trinajstić information content (AvgIpc) is 3.35. The molecule has 0 aliphatic heterocycles. The van der Waals surface area contributed by atoms with Crippen LogP contribution in [0.15, 0.2) is 83.3 Å². The van der Waals surface area contributed by atoms with Crippen LogP contribution in [-0.4, -0.2) is 21.5 Å².